The van der Waals surface area contributed by atoms with Crippen molar-refractivity contribution < 1.29 is 4.79 Å². The van der Waals surface area contributed by atoms with Crippen molar-refractivity contribution in [3.05, 3.63) is 23.8 Å². The van der Waals surface area contributed by atoms with Crippen LogP contribution in [-0.2, 0) is 4.79 Å². The summed E-state index contributed by atoms with van der Waals surface area (Å²) >= 11 is 0. The second-order valence-electron chi connectivity index (χ2n) is 2.79. The minimum absolute atomic E-state index is 0.213. The van der Waals surface area contributed by atoms with Gasteiger partial charge in [-0.1, -0.05) is 17.7 Å². The normalized spacial score (nSPS) is 10.1. The van der Waals surface area contributed by atoms with Gasteiger partial charge in [-0.05, 0) is 33.3 Å². The highest BCUT2D eigenvalue weighted by Crippen LogP contribution is 1.98. The monoisotopic (exact) mass is 152 g/mol. The molecule has 0 N–H and O–H groups in total. The van der Waals surface area contributed by atoms with Crippen LogP contribution in [0.4, 0.5) is 0 Å². The number of allylic oxidation sites excluding steroid dienone is 4. The molecular weight excluding hydrogens is 136 g/mol. The molecule has 0 aromatic heterocycles. The maximum Gasteiger partial charge on any atom is 0.155 e. The Labute approximate surface area is 68.8 Å². The summed E-state index contributed by atoms with van der Waals surface area (Å²) in [5.41, 5.74) is 1.28. The fourth-order valence-corrected chi connectivity index (χ4v) is 0.772. The summed E-state index contributed by atoms with van der Waals surface area (Å²) < 4.78 is 0. The fourth-order valence-electron chi connectivity index (χ4n) is 0.772. The Balaban J connectivity index is 3.55. The van der Waals surface area contributed by atoms with Gasteiger partial charge in [0, 0.05) is 6.42 Å². The Bertz CT molecular complexity index is 171. The van der Waals surface area contributed by atoms with Gasteiger partial charge in [-0.15, -0.1) is 0 Å². The molecule has 0 aliphatic heterocycles. The van der Waals surface area contributed by atoms with Crippen LogP contribution in [0.1, 0.15) is 33.6 Å². The molecule has 0 fully saturated rings. The van der Waals surface area contributed by atoms with Gasteiger partial charge in [-0.25, -0.2) is 0 Å². The van der Waals surface area contributed by atoms with E-state index in [2.05, 4.69) is 6.08 Å². The summed E-state index contributed by atoms with van der Waals surface area (Å²) in [4.78, 5) is 10.9. The van der Waals surface area contributed by atoms with Crippen LogP contribution < -0.4 is 0 Å². The molecule has 0 amide bonds. The molecular formula is C10H16O. The van der Waals surface area contributed by atoms with Crippen molar-refractivity contribution in [2.45, 2.75) is 33.6 Å². The summed E-state index contributed by atoms with van der Waals surface area (Å²) in [6, 6.07) is 0. The second kappa shape index (κ2) is 5.90. The Kier molecular flexibility index (Phi) is 5.44. The first-order chi connectivity index (χ1) is 5.16. The standard InChI is InChI=1S/C10H16O/c1-4-6-10(11)8-5-7-9(2)3/h4,6-7H,5,8H2,1-3H3/b6-4-. The second-order valence-corrected chi connectivity index (χ2v) is 2.79. The van der Waals surface area contributed by atoms with Crippen molar-refractivity contribution in [1.82, 2.24) is 0 Å². The molecule has 0 aromatic carbocycles. The Morgan fingerprint density at radius 2 is 2.00 bits per heavy atom. The first-order valence-electron chi connectivity index (χ1n) is 3.95. The van der Waals surface area contributed by atoms with Gasteiger partial charge < -0.3 is 0 Å². The largest absolute Gasteiger partial charge is 0.295 e. The molecule has 0 saturated heterocycles. The van der Waals surface area contributed by atoms with Crippen LogP contribution in [0.15, 0.2) is 23.8 Å². The maximum absolute atomic E-state index is 10.9. The molecule has 0 aliphatic rings. The van der Waals surface area contributed by atoms with Crippen molar-refractivity contribution in [1.29, 1.82) is 0 Å². The molecule has 0 saturated carbocycles. The zero-order valence-corrected chi connectivity index (χ0v) is 7.55. The van der Waals surface area contributed by atoms with Gasteiger partial charge >= 0.3 is 0 Å². The summed E-state index contributed by atoms with van der Waals surface area (Å²) in [6.07, 6.45) is 6.99. The molecule has 0 bridgehead atoms. The average Bonchev–Trinajstić information content (AvgIpc) is 1.87. The van der Waals surface area contributed by atoms with E-state index in [-0.39, 0.29) is 5.78 Å². The summed E-state index contributed by atoms with van der Waals surface area (Å²) in [7, 11) is 0. The molecule has 0 atom stereocenters. The van der Waals surface area contributed by atoms with E-state index >= 15 is 0 Å². The van der Waals surface area contributed by atoms with E-state index in [1.807, 2.05) is 20.8 Å². The number of carbonyl (C=O) groups excluding carboxylic acids is 1. The molecule has 0 aliphatic carbocycles. The molecule has 11 heavy (non-hydrogen) atoms. The number of rotatable bonds is 4. The SMILES string of the molecule is C/C=C\C(=O)CCC=C(C)C. The summed E-state index contributed by atoms with van der Waals surface area (Å²) in [6.45, 7) is 5.94. The van der Waals surface area contributed by atoms with Crippen molar-refractivity contribution >= 4 is 5.78 Å². The van der Waals surface area contributed by atoms with E-state index in [4.69, 9.17) is 0 Å². The highest BCUT2D eigenvalue weighted by atomic mass is 16.1. The molecule has 1 heteroatoms. The molecule has 0 rings (SSSR count). The van der Waals surface area contributed by atoms with E-state index in [9.17, 15) is 4.79 Å². The van der Waals surface area contributed by atoms with Crippen LogP contribution in [-0.4, -0.2) is 5.78 Å². The number of hydrogen-bond acceptors (Lipinski definition) is 1. The van der Waals surface area contributed by atoms with Gasteiger partial charge in [0.25, 0.3) is 0 Å². The quantitative estimate of drug-likeness (QED) is 0.447. The average molecular weight is 152 g/mol. The van der Waals surface area contributed by atoms with E-state index in [1.54, 1.807) is 12.2 Å². The topological polar surface area (TPSA) is 17.1 Å². The highest BCUT2D eigenvalue weighted by Gasteiger charge is 1.92. The predicted octanol–water partition coefficient (Wildman–Crippen LogP) is 2.88. The van der Waals surface area contributed by atoms with Gasteiger partial charge in [-0.3, -0.25) is 4.79 Å². The zero-order valence-electron chi connectivity index (χ0n) is 7.55. The van der Waals surface area contributed by atoms with Crippen molar-refractivity contribution in [3.8, 4) is 0 Å². The molecule has 0 radical (unpaired) electrons. The minimum atomic E-state index is 0.213. The van der Waals surface area contributed by atoms with Gasteiger partial charge in [0.15, 0.2) is 5.78 Å². The van der Waals surface area contributed by atoms with Crippen molar-refractivity contribution in [2.75, 3.05) is 0 Å². The zero-order chi connectivity index (χ0) is 8.69. The van der Waals surface area contributed by atoms with Crippen LogP contribution in [0.25, 0.3) is 0 Å². The molecule has 0 heterocycles. The third-order valence-electron chi connectivity index (χ3n) is 1.30. The predicted molar refractivity (Wildman–Crippen MR) is 48.5 cm³/mol. The Morgan fingerprint density at radius 1 is 1.36 bits per heavy atom. The Hall–Kier alpha value is -0.850. The lowest BCUT2D eigenvalue weighted by Crippen LogP contribution is -1.89. The van der Waals surface area contributed by atoms with E-state index < -0.39 is 0 Å². The van der Waals surface area contributed by atoms with E-state index in [1.165, 1.54) is 5.57 Å². The fraction of sp³-hybridized carbons (Fsp3) is 0.500. The van der Waals surface area contributed by atoms with Gasteiger partial charge in [0.1, 0.15) is 0 Å². The van der Waals surface area contributed by atoms with Crippen LogP contribution in [0, 0.1) is 0 Å². The molecule has 1 nitrogen and oxygen atoms in total. The van der Waals surface area contributed by atoms with Crippen LogP contribution in [0.2, 0.25) is 0 Å². The molecule has 62 valence electrons. The van der Waals surface area contributed by atoms with Gasteiger partial charge in [-0.2, -0.15) is 0 Å². The lowest BCUT2D eigenvalue weighted by molar-refractivity contribution is -0.114. The third kappa shape index (κ3) is 7.04. The minimum Gasteiger partial charge on any atom is -0.295 e. The Morgan fingerprint density at radius 3 is 2.45 bits per heavy atom. The number of hydrogen-bond donors (Lipinski definition) is 0. The van der Waals surface area contributed by atoms with Crippen LogP contribution >= 0.6 is 0 Å². The van der Waals surface area contributed by atoms with Gasteiger partial charge in [0.05, 0.1) is 0 Å². The van der Waals surface area contributed by atoms with Crippen LogP contribution in [0.5, 0.6) is 0 Å². The van der Waals surface area contributed by atoms with Crippen molar-refractivity contribution in [2.24, 2.45) is 0 Å². The van der Waals surface area contributed by atoms with E-state index in [0.717, 1.165) is 6.42 Å². The lowest BCUT2D eigenvalue weighted by Gasteiger charge is -1.90. The first-order valence-corrected chi connectivity index (χ1v) is 3.95. The third-order valence-corrected chi connectivity index (χ3v) is 1.30. The lowest BCUT2D eigenvalue weighted by atomic mass is 10.2. The van der Waals surface area contributed by atoms with E-state index in [0.29, 0.717) is 6.42 Å². The van der Waals surface area contributed by atoms with Gasteiger partial charge in [0.2, 0.25) is 0 Å². The highest BCUT2D eigenvalue weighted by molar-refractivity contribution is 5.89. The first kappa shape index (κ1) is 10.2. The molecule has 0 unspecified atom stereocenters. The smallest absolute Gasteiger partial charge is 0.155 e. The maximum atomic E-state index is 10.9. The summed E-state index contributed by atoms with van der Waals surface area (Å²) in [5, 5.41) is 0. The molecule has 0 aromatic rings. The molecule has 0 spiro atoms. The number of carbonyl (C=O) groups is 1. The van der Waals surface area contributed by atoms with Crippen molar-refractivity contribution in [3.63, 3.8) is 0 Å². The summed E-state index contributed by atoms with van der Waals surface area (Å²) in [5.74, 6) is 0.213. The van der Waals surface area contributed by atoms with Crippen LogP contribution in [0.3, 0.4) is 0 Å². The number of ketones is 1.